The molecule has 3 heterocycles. The monoisotopic (exact) mass is 371 g/mol. The maximum Gasteiger partial charge on any atom is 0.248 e. The highest BCUT2D eigenvalue weighted by Gasteiger charge is 2.25. The molecule has 27 heavy (non-hydrogen) atoms. The van der Waals surface area contributed by atoms with Crippen LogP contribution in [-0.2, 0) is 16.1 Å². The number of hydrogen-bond acceptors (Lipinski definition) is 4. The highest BCUT2D eigenvalue weighted by molar-refractivity contribution is 5.77. The number of nitrogens with one attached hydrogen (secondary N) is 2. The van der Waals surface area contributed by atoms with Crippen molar-refractivity contribution in [1.29, 1.82) is 0 Å². The molecule has 0 aliphatic carbocycles. The molecule has 2 aromatic heterocycles. The maximum atomic E-state index is 13.2. The van der Waals surface area contributed by atoms with Gasteiger partial charge in [-0.25, -0.2) is 9.37 Å². The number of imidazole rings is 1. The van der Waals surface area contributed by atoms with Gasteiger partial charge in [0.05, 0.1) is 17.2 Å². The standard InChI is InChI=1S/C19H22FN5O2/c1-12-9-21-24-19(12)13-4-6-25(7-5-13)18(26)11-27-10-17-22-15-3-2-14(20)8-16(15)23-17/h2-3,8-9,13H,4-7,10-11H2,1H3,(H,21,24)(H,22,23). The highest BCUT2D eigenvalue weighted by atomic mass is 19.1. The van der Waals surface area contributed by atoms with Crippen LogP contribution >= 0.6 is 0 Å². The van der Waals surface area contributed by atoms with E-state index in [2.05, 4.69) is 27.1 Å². The molecule has 4 rings (SSSR count). The van der Waals surface area contributed by atoms with Gasteiger partial charge in [-0.2, -0.15) is 5.10 Å². The molecule has 0 radical (unpaired) electrons. The van der Waals surface area contributed by atoms with Crippen LogP contribution in [0.15, 0.2) is 24.4 Å². The van der Waals surface area contributed by atoms with E-state index >= 15 is 0 Å². The lowest BCUT2D eigenvalue weighted by Crippen LogP contribution is -2.40. The number of rotatable bonds is 5. The molecule has 0 saturated carbocycles. The first kappa shape index (κ1) is 17.7. The number of hydrogen-bond donors (Lipinski definition) is 2. The number of ether oxygens (including phenoxy) is 1. The van der Waals surface area contributed by atoms with Crippen LogP contribution in [0.1, 0.15) is 35.8 Å². The number of aromatic nitrogens is 4. The van der Waals surface area contributed by atoms with Gasteiger partial charge in [0.2, 0.25) is 5.91 Å². The Kier molecular flexibility index (Phi) is 4.89. The first-order chi connectivity index (χ1) is 13.1. The molecular formula is C19H22FN5O2. The average Bonchev–Trinajstić information content (AvgIpc) is 3.27. The van der Waals surface area contributed by atoms with Gasteiger partial charge in [-0.1, -0.05) is 0 Å². The Bertz CT molecular complexity index is 943. The zero-order valence-electron chi connectivity index (χ0n) is 15.2. The summed E-state index contributed by atoms with van der Waals surface area (Å²) >= 11 is 0. The fourth-order valence-electron chi connectivity index (χ4n) is 3.62. The van der Waals surface area contributed by atoms with E-state index in [0.29, 0.717) is 22.8 Å². The Morgan fingerprint density at radius 1 is 1.37 bits per heavy atom. The Morgan fingerprint density at radius 3 is 2.93 bits per heavy atom. The van der Waals surface area contributed by atoms with Gasteiger partial charge >= 0.3 is 0 Å². The van der Waals surface area contributed by atoms with E-state index in [9.17, 15) is 9.18 Å². The summed E-state index contributed by atoms with van der Waals surface area (Å²) in [6.07, 6.45) is 3.68. The molecule has 1 saturated heterocycles. The van der Waals surface area contributed by atoms with Crippen molar-refractivity contribution in [3.8, 4) is 0 Å². The highest BCUT2D eigenvalue weighted by Crippen LogP contribution is 2.28. The molecule has 8 heteroatoms. The molecule has 1 fully saturated rings. The van der Waals surface area contributed by atoms with Gasteiger partial charge in [-0.15, -0.1) is 0 Å². The summed E-state index contributed by atoms with van der Waals surface area (Å²) in [6, 6.07) is 4.37. The molecular weight excluding hydrogens is 349 g/mol. The third-order valence-corrected chi connectivity index (χ3v) is 5.08. The molecule has 1 aliphatic rings. The molecule has 1 aliphatic heterocycles. The van der Waals surface area contributed by atoms with Crippen molar-refractivity contribution in [2.75, 3.05) is 19.7 Å². The van der Waals surface area contributed by atoms with E-state index in [1.54, 1.807) is 6.07 Å². The minimum atomic E-state index is -0.317. The SMILES string of the molecule is Cc1cn[nH]c1C1CCN(C(=O)COCc2nc3ccc(F)cc3[nH]2)CC1. The molecule has 0 bridgehead atoms. The number of aryl methyl sites for hydroxylation is 1. The number of carbonyl (C=O) groups excluding carboxylic acids is 1. The van der Waals surface area contributed by atoms with Crippen LogP contribution in [0.3, 0.4) is 0 Å². The topological polar surface area (TPSA) is 86.9 Å². The lowest BCUT2D eigenvalue weighted by molar-refractivity contribution is -0.137. The smallest absolute Gasteiger partial charge is 0.248 e. The Labute approximate surface area is 155 Å². The van der Waals surface area contributed by atoms with E-state index in [4.69, 9.17) is 4.74 Å². The molecule has 0 unspecified atom stereocenters. The third kappa shape index (κ3) is 3.85. The first-order valence-corrected chi connectivity index (χ1v) is 9.09. The van der Waals surface area contributed by atoms with E-state index in [1.165, 1.54) is 23.4 Å². The zero-order chi connectivity index (χ0) is 18.8. The molecule has 3 aromatic rings. The van der Waals surface area contributed by atoms with Gasteiger partial charge in [0, 0.05) is 24.7 Å². The van der Waals surface area contributed by atoms with Crippen molar-refractivity contribution in [3.05, 3.63) is 47.3 Å². The second-order valence-corrected chi connectivity index (χ2v) is 6.96. The summed E-state index contributed by atoms with van der Waals surface area (Å²) in [6.45, 7) is 3.69. The minimum absolute atomic E-state index is 0.0131. The van der Waals surface area contributed by atoms with Crippen LogP contribution in [0, 0.1) is 12.7 Å². The molecule has 0 spiro atoms. The summed E-state index contributed by atoms with van der Waals surface area (Å²) in [7, 11) is 0. The molecule has 0 atom stereocenters. The Balaban J connectivity index is 1.25. The number of likely N-dealkylation sites (tertiary alicyclic amines) is 1. The lowest BCUT2D eigenvalue weighted by atomic mass is 9.92. The number of aromatic amines is 2. The van der Waals surface area contributed by atoms with Crippen LogP contribution in [0.4, 0.5) is 4.39 Å². The van der Waals surface area contributed by atoms with Gasteiger partial charge in [-0.3, -0.25) is 9.89 Å². The van der Waals surface area contributed by atoms with Crippen LogP contribution in [0.5, 0.6) is 0 Å². The fourth-order valence-corrected chi connectivity index (χ4v) is 3.62. The minimum Gasteiger partial charge on any atom is -0.364 e. The van der Waals surface area contributed by atoms with Gasteiger partial charge in [0.1, 0.15) is 24.9 Å². The van der Waals surface area contributed by atoms with Crippen LogP contribution in [0.25, 0.3) is 11.0 Å². The van der Waals surface area contributed by atoms with E-state index in [1.807, 2.05) is 11.1 Å². The first-order valence-electron chi connectivity index (χ1n) is 9.09. The summed E-state index contributed by atoms with van der Waals surface area (Å²) in [4.78, 5) is 21.5. The van der Waals surface area contributed by atoms with Gasteiger partial charge in [0.15, 0.2) is 0 Å². The zero-order valence-corrected chi connectivity index (χ0v) is 15.2. The van der Waals surface area contributed by atoms with Crippen molar-refractivity contribution >= 4 is 16.9 Å². The van der Waals surface area contributed by atoms with Crippen LogP contribution in [0.2, 0.25) is 0 Å². The average molecular weight is 371 g/mol. The maximum absolute atomic E-state index is 13.2. The molecule has 7 nitrogen and oxygen atoms in total. The lowest BCUT2D eigenvalue weighted by Gasteiger charge is -2.31. The molecule has 1 amide bonds. The van der Waals surface area contributed by atoms with Gasteiger partial charge in [-0.05, 0) is 43.5 Å². The summed E-state index contributed by atoms with van der Waals surface area (Å²) in [5, 5.41) is 7.16. The second-order valence-electron chi connectivity index (χ2n) is 6.96. The number of nitrogens with zero attached hydrogens (tertiary/aromatic N) is 3. The van der Waals surface area contributed by atoms with Crippen molar-refractivity contribution in [3.63, 3.8) is 0 Å². The second kappa shape index (κ2) is 7.48. The predicted octanol–water partition coefficient (Wildman–Crippen LogP) is 2.66. The molecule has 1 aromatic carbocycles. The number of benzene rings is 1. The van der Waals surface area contributed by atoms with Crippen LogP contribution < -0.4 is 0 Å². The summed E-state index contributed by atoms with van der Waals surface area (Å²) < 4.78 is 18.7. The van der Waals surface area contributed by atoms with Crippen molar-refractivity contribution in [2.24, 2.45) is 0 Å². The molecule has 142 valence electrons. The number of halogens is 1. The summed E-state index contributed by atoms with van der Waals surface area (Å²) in [5.41, 5.74) is 3.65. The largest absolute Gasteiger partial charge is 0.364 e. The Morgan fingerprint density at radius 2 is 2.19 bits per heavy atom. The van der Waals surface area contributed by atoms with Crippen molar-refractivity contribution in [2.45, 2.75) is 32.3 Å². The van der Waals surface area contributed by atoms with E-state index in [0.717, 1.165) is 25.9 Å². The number of amides is 1. The van der Waals surface area contributed by atoms with Gasteiger partial charge in [0.25, 0.3) is 0 Å². The van der Waals surface area contributed by atoms with Crippen LogP contribution in [-0.4, -0.2) is 50.7 Å². The number of fused-ring (bicyclic) bond motifs is 1. The number of carbonyl (C=O) groups is 1. The molecule has 2 N–H and O–H groups in total. The Hall–Kier alpha value is -2.74. The fraction of sp³-hybridized carbons (Fsp3) is 0.421. The normalized spacial score (nSPS) is 15.6. The quantitative estimate of drug-likeness (QED) is 0.722. The van der Waals surface area contributed by atoms with Crippen molar-refractivity contribution in [1.82, 2.24) is 25.1 Å². The van der Waals surface area contributed by atoms with Gasteiger partial charge < -0.3 is 14.6 Å². The van der Waals surface area contributed by atoms with E-state index < -0.39 is 0 Å². The van der Waals surface area contributed by atoms with Crippen molar-refractivity contribution < 1.29 is 13.9 Å². The number of H-pyrrole nitrogens is 2. The van der Waals surface area contributed by atoms with E-state index in [-0.39, 0.29) is 24.9 Å². The number of piperidine rings is 1. The third-order valence-electron chi connectivity index (χ3n) is 5.08. The summed E-state index contributed by atoms with van der Waals surface area (Å²) in [5.74, 6) is 0.671. The predicted molar refractivity (Wildman–Crippen MR) is 97.6 cm³/mol.